The van der Waals surface area contributed by atoms with Crippen LogP contribution in [0.4, 0.5) is 0 Å². The Morgan fingerprint density at radius 2 is 2.17 bits per heavy atom. The number of Topliss-reactive ketones (excluding diaryl/α,β-unsaturated/α-hetero) is 1. The van der Waals surface area contributed by atoms with Crippen molar-refractivity contribution in [1.82, 2.24) is 0 Å². The molecule has 1 heterocycles. The number of para-hydroxylation sites is 1. The van der Waals surface area contributed by atoms with Gasteiger partial charge < -0.3 is 14.6 Å². The summed E-state index contributed by atoms with van der Waals surface area (Å²) in [6.45, 7) is -0.282. The highest BCUT2D eigenvalue weighted by Gasteiger charge is 2.13. The van der Waals surface area contributed by atoms with Gasteiger partial charge in [-0.2, -0.15) is 11.8 Å². The summed E-state index contributed by atoms with van der Waals surface area (Å²) in [5, 5.41) is 18.6. The second kappa shape index (κ2) is 6.04. The van der Waals surface area contributed by atoms with E-state index in [0.717, 1.165) is 5.39 Å². The van der Waals surface area contributed by atoms with Gasteiger partial charge in [0.1, 0.15) is 11.8 Å². The second-order valence-corrected chi connectivity index (χ2v) is 4.95. The Balaban J connectivity index is 2.01. The Morgan fingerprint density at radius 1 is 1.39 bits per heavy atom. The molecule has 1 unspecified atom stereocenters. The van der Waals surface area contributed by atoms with Gasteiger partial charge in [0.2, 0.25) is 0 Å². The minimum atomic E-state index is -0.774. The largest absolute Gasteiger partial charge is 0.464 e. The summed E-state index contributed by atoms with van der Waals surface area (Å²) < 4.78 is 5.30. The van der Waals surface area contributed by atoms with Crippen LogP contribution in [0.25, 0.3) is 11.0 Å². The van der Waals surface area contributed by atoms with E-state index in [1.165, 1.54) is 18.0 Å². The van der Waals surface area contributed by atoms with Gasteiger partial charge in [0.05, 0.1) is 24.0 Å². The molecule has 1 aromatic carbocycles. The molecule has 2 N–H and O–H groups in total. The quantitative estimate of drug-likeness (QED) is 0.779. The van der Waals surface area contributed by atoms with E-state index in [4.69, 9.17) is 9.52 Å². The number of aliphatic hydroxyl groups excluding tert-OH is 2. The molecule has 0 fully saturated rings. The molecule has 0 aliphatic heterocycles. The molecule has 1 atom stereocenters. The molecule has 1 aromatic heterocycles. The van der Waals surface area contributed by atoms with Crippen molar-refractivity contribution < 1.29 is 19.4 Å². The molecular weight excluding hydrogens is 252 g/mol. The Bertz CT molecular complexity index is 535. The van der Waals surface area contributed by atoms with Crippen molar-refractivity contribution in [2.75, 3.05) is 18.1 Å². The van der Waals surface area contributed by atoms with Crippen LogP contribution in [-0.4, -0.2) is 40.2 Å². The Kier molecular flexibility index (Phi) is 4.41. The van der Waals surface area contributed by atoms with E-state index in [1.807, 2.05) is 24.3 Å². The summed E-state index contributed by atoms with van der Waals surface area (Å²) in [5.74, 6) is 0.577. The summed E-state index contributed by atoms with van der Waals surface area (Å²) in [5.41, 5.74) is 1.26. The van der Waals surface area contributed by atoms with E-state index in [-0.39, 0.29) is 18.1 Å². The van der Waals surface area contributed by atoms with Crippen molar-refractivity contribution in [2.45, 2.75) is 6.10 Å². The van der Waals surface area contributed by atoms with Gasteiger partial charge in [-0.05, 0) is 6.07 Å². The van der Waals surface area contributed by atoms with Crippen LogP contribution in [0.3, 0.4) is 0 Å². The fourth-order valence-electron chi connectivity index (χ4n) is 1.61. The number of benzene rings is 1. The summed E-state index contributed by atoms with van der Waals surface area (Å²) in [6.07, 6.45) is 0.694. The topological polar surface area (TPSA) is 70.7 Å². The molecule has 2 aromatic rings. The molecular formula is C13H14O4S. The molecule has 4 nitrogen and oxygen atoms in total. The van der Waals surface area contributed by atoms with Gasteiger partial charge in [0.15, 0.2) is 5.78 Å². The van der Waals surface area contributed by atoms with Gasteiger partial charge in [0, 0.05) is 11.1 Å². The van der Waals surface area contributed by atoms with E-state index < -0.39 is 6.10 Å². The zero-order valence-electron chi connectivity index (χ0n) is 9.70. The lowest BCUT2D eigenvalue weighted by molar-refractivity contribution is 0.102. The zero-order chi connectivity index (χ0) is 13.0. The molecule has 0 radical (unpaired) electrons. The third-order valence-corrected chi connectivity index (χ3v) is 3.62. The van der Waals surface area contributed by atoms with Gasteiger partial charge in [-0.15, -0.1) is 0 Å². The minimum absolute atomic E-state index is 0.0323. The highest BCUT2D eigenvalue weighted by molar-refractivity contribution is 8.00. The number of fused-ring (bicyclic) bond motifs is 1. The van der Waals surface area contributed by atoms with Gasteiger partial charge in [-0.1, -0.05) is 18.2 Å². The van der Waals surface area contributed by atoms with Crippen LogP contribution >= 0.6 is 11.8 Å². The molecule has 0 spiro atoms. The number of carbonyl (C=O) groups excluding carboxylic acids is 1. The first-order chi connectivity index (χ1) is 8.72. The van der Waals surface area contributed by atoms with Crippen LogP contribution in [0.15, 0.2) is 34.9 Å². The van der Waals surface area contributed by atoms with Gasteiger partial charge >= 0.3 is 0 Å². The van der Waals surface area contributed by atoms with E-state index in [1.54, 1.807) is 0 Å². The highest BCUT2D eigenvalue weighted by atomic mass is 32.2. The number of aliphatic hydroxyl groups is 2. The molecule has 2 rings (SSSR count). The molecule has 0 aliphatic rings. The third kappa shape index (κ3) is 2.93. The molecule has 0 amide bonds. The SMILES string of the molecule is O=C(CSCC(O)CO)c1coc2ccccc12. The first kappa shape index (κ1) is 13.1. The number of thioether (sulfide) groups is 1. The van der Waals surface area contributed by atoms with Gasteiger partial charge in [-0.3, -0.25) is 4.79 Å². The van der Waals surface area contributed by atoms with Crippen LogP contribution in [0.1, 0.15) is 10.4 Å². The molecule has 0 saturated heterocycles. The first-order valence-corrected chi connectivity index (χ1v) is 6.74. The molecule has 5 heteroatoms. The van der Waals surface area contributed by atoms with Crippen LogP contribution in [0.5, 0.6) is 0 Å². The monoisotopic (exact) mass is 266 g/mol. The molecule has 0 saturated carbocycles. The van der Waals surface area contributed by atoms with E-state index in [2.05, 4.69) is 0 Å². The number of carbonyl (C=O) groups is 1. The lowest BCUT2D eigenvalue weighted by atomic mass is 10.1. The molecule has 0 aliphatic carbocycles. The highest BCUT2D eigenvalue weighted by Crippen LogP contribution is 2.22. The van der Waals surface area contributed by atoms with Crippen molar-refractivity contribution in [2.24, 2.45) is 0 Å². The van der Waals surface area contributed by atoms with Gasteiger partial charge in [0.25, 0.3) is 0 Å². The number of furan rings is 1. The maximum Gasteiger partial charge on any atom is 0.176 e. The van der Waals surface area contributed by atoms with Crippen molar-refractivity contribution >= 4 is 28.5 Å². The van der Waals surface area contributed by atoms with Crippen LogP contribution in [-0.2, 0) is 0 Å². The predicted octanol–water partition coefficient (Wildman–Crippen LogP) is 1.70. The first-order valence-electron chi connectivity index (χ1n) is 5.58. The van der Waals surface area contributed by atoms with Crippen LogP contribution in [0.2, 0.25) is 0 Å². The fourth-order valence-corrected chi connectivity index (χ4v) is 2.45. The normalized spacial score (nSPS) is 12.8. The molecule has 18 heavy (non-hydrogen) atoms. The standard InChI is InChI=1S/C13H14O4S/c14-5-9(15)7-18-8-12(16)11-6-17-13-4-2-1-3-10(11)13/h1-4,6,9,14-15H,5,7-8H2. The minimum Gasteiger partial charge on any atom is -0.464 e. The van der Waals surface area contributed by atoms with Crippen molar-refractivity contribution in [3.8, 4) is 0 Å². The van der Waals surface area contributed by atoms with E-state index in [9.17, 15) is 9.90 Å². The summed E-state index contributed by atoms with van der Waals surface area (Å²) in [6, 6.07) is 7.37. The van der Waals surface area contributed by atoms with Crippen molar-refractivity contribution in [3.63, 3.8) is 0 Å². The molecule has 96 valence electrons. The Hall–Kier alpha value is -1.30. The second-order valence-electron chi connectivity index (χ2n) is 3.92. The summed E-state index contributed by atoms with van der Waals surface area (Å²) >= 11 is 1.30. The van der Waals surface area contributed by atoms with Crippen molar-refractivity contribution in [1.29, 1.82) is 0 Å². The maximum absolute atomic E-state index is 12.0. The van der Waals surface area contributed by atoms with Crippen LogP contribution < -0.4 is 0 Å². The smallest absolute Gasteiger partial charge is 0.176 e. The summed E-state index contributed by atoms with van der Waals surface area (Å²) in [7, 11) is 0. The Morgan fingerprint density at radius 3 is 2.94 bits per heavy atom. The lowest BCUT2D eigenvalue weighted by Gasteiger charge is -2.05. The Labute approximate surface area is 109 Å². The third-order valence-electron chi connectivity index (χ3n) is 2.54. The molecule has 0 bridgehead atoms. The number of ketones is 1. The predicted molar refractivity (Wildman–Crippen MR) is 71.0 cm³/mol. The fraction of sp³-hybridized carbons (Fsp3) is 0.308. The number of hydrogen-bond acceptors (Lipinski definition) is 5. The van der Waals surface area contributed by atoms with Crippen LogP contribution in [0, 0.1) is 0 Å². The lowest BCUT2D eigenvalue weighted by Crippen LogP contribution is -2.16. The average Bonchev–Trinajstić information content (AvgIpc) is 2.82. The van der Waals surface area contributed by atoms with E-state index in [0.29, 0.717) is 16.9 Å². The van der Waals surface area contributed by atoms with Crippen molar-refractivity contribution in [3.05, 3.63) is 36.1 Å². The maximum atomic E-state index is 12.0. The number of hydrogen-bond donors (Lipinski definition) is 2. The zero-order valence-corrected chi connectivity index (χ0v) is 10.5. The van der Waals surface area contributed by atoms with Gasteiger partial charge in [-0.25, -0.2) is 0 Å². The average molecular weight is 266 g/mol. The summed E-state index contributed by atoms with van der Waals surface area (Å²) in [4.78, 5) is 12.0. The van der Waals surface area contributed by atoms with E-state index >= 15 is 0 Å². The number of rotatable bonds is 6.